The largest absolute Gasteiger partial charge is 0.488 e. The van der Waals surface area contributed by atoms with Crippen molar-refractivity contribution in [3.8, 4) is 5.75 Å². The van der Waals surface area contributed by atoms with E-state index in [1.54, 1.807) is 12.3 Å². The van der Waals surface area contributed by atoms with Gasteiger partial charge in [0.2, 0.25) is 0 Å². The fourth-order valence-corrected chi connectivity index (χ4v) is 3.70. The quantitative estimate of drug-likeness (QED) is 0.775. The topological polar surface area (TPSA) is 75.6 Å². The number of hydrogen-bond donors (Lipinski definition) is 2. The number of nitrogens with one attached hydrogen (secondary N) is 2. The molecule has 0 amide bonds. The molecule has 1 aromatic heterocycles. The van der Waals surface area contributed by atoms with E-state index < -0.39 is 0 Å². The van der Waals surface area contributed by atoms with Crippen molar-refractivity contribution in [3.05, 3.63) is 53.9 Å². The molecule has 1 saturated heterocycles. The zero-order chi connectivity index (χ0) is 19.2. The third-order valence-corrected chi connectivity index (χ3v) is 5.27. The second-order valence-electron chi connectivity index (χ2n) is 7.36. The number of Topliss-reactive ketones (excluding diaryl/α,β-unsaturated/α-hetero) is 1. The van der Waals surface area contributed by atoms with Gasteiger partial charge in [-0.3, -0.25) is 14.8 Å². The maximum absolute atomic E-state index is 12.6. The minimum Gasteiger partial charge on any atom is -0.488 e. The molecule has 1 fully saturated rings. The highest BCUT2D eigenvalue weighted by Gasteiger charge is 2.23. The molecule has 2 aromatic rings. The summed E-state index contributed by atoms with van der Waals surface area (Å²) >= 11 is 0. The molecule has 0 saturated carbocycles. The van der Waals surface area contributed by atoms with Crippen LogP contribution in [0.1, 0.15) is 35.3 Å². The Bertz CT molecular complexity index is 845. The van der Waals surface area contributed by atoms with E-state index in [1.165, 1.54) is 12.8 Å². The number of pyridine rings is 1. The van der Waals surface area contributed by atoms with Crippen LogP contribution in [0, 0.1) is 5.92 Å². The minimum absolute atomic E-state index is 0.0821. The average Bonchev–Trinajstić information content (AvgIpc) is 2.74. The molecule has 0 unspecified atom stereocenters. The third kappa shape index (κ3) is 4.64. The summed E-state index contributed by atoms with van der Waals surface area (Å²) in [7, 11) is 0. The molecule has 0 spiro atoms. The molecule has 4 rings (SSSR count). The van der Waals surface area contributed by atoms with Crippen LogP contribution in [-0.4, -0.2) is 42.7 Å². The van der Waals surface area contributed by atoms with Crippen LogP contribution >= 0.6 is 0 Å². The number of carbonyl (C=O) groups excluding carboxylic acids is 1. The lowest BCUT2D eigenvalue weighted by Crippen LogP contribution is -2.33. The molecular formula is C22H26N4O2. The summed E-state index contributed by atoms with van der Waals surface area (Å²) in [5.74, 6) is 1.55. The maximum Gasteiger partial charge on any atom is 0.170 e. The van der Waals surface area contributed by atoms with Crippen LogP contribution in [-0.2, 0) is 6.54 Å². The predicted octanol–water partition coefficient (Wildman–Crippen LogP) is 2.91. The molecule has 0 atom stereocenters. The van der Waals surface area contributed by atoms with Gasteiger partial charge in [0.15, 0.2) is 5.78 Å². The predicted molar refractivity (Wildman–Crippen MR) is 110 cm³/mol. The lowest BCUT2D eigenvalue weighted by atomic mass is 9.98. The number of para-hydroxylation sites is 1. The summed E-state index contributed by atoms with van der Waals surface area (Å²) < 4.78 is 5.78. The highest BCUT2D eigenvalue weighted by molar-refractivity contribution is 6.16. The molecule has 0 aliphatic carbocycles. The van der Waals surface area contributed by atoms with Crippen LogP contribution in [0.15, 0.2) is 47.6 Å². The third-order valence-electron chi connectivity index (χ3n) is 5.27. The fourth-order valence-electron chi connectivity index (χ4n) is 3.70. The normalized spacial score (nSPS) is 17.1. The monoisotopic (exact) mass is 378 g/mol. The van der Waals surface area contributed by atoms with Crippen molar-refractivity contribution in [1.29, 1.82) is 0 Å². The smallest absolute Gasteiger partial charge is 0.170 e. The van der Waals surface area contributed by atoms with Crippen molar-refractivity contribution in [2.45, 2.75) is 25.8 Å². The zero-order valence-electron chi connectivity index (χ0n) is 16.0. The number of benzene rings is 1. The van der Waals surface area contributed by atoms with Crippen LogP contribution in [0.2, 0.25) is 0 Å². The zero-order valence-corrected chi connectivity index (χ0v) is 16.0. The van der Waals surface area contributed by atoms with Gasteiger partial charge in [-0.2, -0.15) is 0 Å². The number of ketones is 1. The Hall–Kier alpha value is -2.57. The first-order valence-corrected chi connectivity index (χ1v) is 9.96. The summed E-state index contributed by atoms with van der Waals surface area (Å²) in [5.41, 5.74) is 2.94. The highest BCUT2D eigenvalue weighted by atomic mass is 16.5. The van der Waals surface area contributed by atoms with Crippen molar-refractivity contribution in [3.63, 3.8) is 0 Å². The molecule has 2 aliphatic rings. The van der Waals surface area contributed by atoms with Gasteiger partial charge in [0.05, 0.1) is 23.5 Å². The van der Waals surface area contributed by atoms with Crippen LogP contribution in [0.4, 0.5) is 5.69 Å². The number of nitrogens with zero attached hydrogens (tertiary/aromatic N) is 2. The van der Waals surface area contributed by atoms with E-state index in [2.05, 4.69) is 15.6 Å². The number of rotatable bonds is 7. The number of ether oxygens (including phenoxy) is 1. The molecule has 28 heavy (non-hydrogen) atoms. The molecule has 3 heterocycles. The average molecular weight is 378 g/mol. The van der Waals surface area contributed by atoms with Gasteiger partial charge in [-0.25, -0.2) is 0 Å². The fraction of sp³-hybridized carbons (Fsp3) is 0.409. The van der Waals surface area contributed by atoms with E-state index in [9.17, 15) is 4.79 Å². The molecule has 0 radical (unpaired) electrons. The maximum atomic E-state index is 12.6. The van der Waals surface area contributed by atoms with Gasteiger partial charge in [0, 0.05) is 18.3 Å². The highest BCUT2D eigenvalue weighted by Crippen LogP contribution is 2.29. The standard InChI is InChI=1S/C22H26N4O2/c27-21-12-17(15-28-18-4-2-1-3-5-18)26-22-19(21)8-11-25-20(22)14-24-13-16-6-9-23-10-7-16/h1-5,8,11,16,23-24H,6-7,9-10,12-15H2. The number of aliphatic imine (C=N–C) groups is 1. The van der Waals surface area contributed by atoms with Crippen molar-refractivity contribution in [2.24, 2.45) is 10.9 Å². The molecule has 2 N–H and O–H groups in total. The summed E-state index contributed by atoms with van der Waals surface area (Å²) in [6.07, 6.45) is 4.40. The Morgan fingerprint density at radius 2 is 1.96 bits per heavy atom. The van der Waals surface area contributed by atoms with Crippen molar-refractivity contribution in [1.82, 2.24) is 15.6 Å². The Morgan fingerprint density at radius 1 is 1.14 bits per heavy atom. The van der Waals surface area contributed by atoms with Gasteiger partial charge in [-0.15, -0.1) is 0 Å². The second-order valence-corrected chi connectivity index (χ2v) is 7.36. The van der Waals surface area contributed by atoms with E-state index in [-0.39, 0.29) is 5.78 Å². The molecule has 1 aromatic carbocycles. The summed E-state index contributed by atoms with van der Waals surface area (Å²) in [6.45, 7) is 4.08. The van der Waals surface area contributed by atoms with Crippen LogP contribution in [0.25, 0.3) is 0 Å². The van der Waals surface area contributed by atoms with Crippen LogP contribution in [0.3, 0.4) is 0 Å². The summed E-state index contributed by atoms with van der Waals surface area (Å²) in [4.78, 5) is 21.8. The van der Waals surface area contributed by atoms with Crippen LogP contribution < -0.4 is 15.4 Å². The Balaban J connectivity index is 1.43. The molecular weight excluding hydrogens is 352 g/mol. The van der Waals surface area contributed by atoms with Gasteiger partial charge in [0.25, 0.3) is 0 Å². The van der Waals surface area contributed by atoms with Gasteiger partial charge in [-0.05, 0) is 56.6 Å². The molecule has 146 valence electrons. The van der Waals surface area contributed by atoms with Gasteiger partial charge in [-0.1, -0.05) is 18.2 Å². The molecule has 0 bridgehead atoms. The summed E-state index contributed by atoms with van der Waals surface area (Å²) in [6, 6.07) is 11.4. The van der Waals surface area contributed by atoms with Gasteiger partial charge in [0.1, 0.15) is 12.4 Å². The first-order valence-electron chi connectivity index (χ1n) is 9.96. The number of fused-ring (bicyclic) bond motifs is 1. The number of carbonyl (C=O) groups is 1. The van der Waals surface area contributed by atoms with Gasteiger partial charge >= 0.3 is 0 Å². The van der Waals surface area contributed by atoms with E-state index >= 15 is 0 Å². The molecule has 6 nitrogen and oxygen atoms in total. The lowest BCUT2D eigenvalue weighted by Gasteiger charge is -2.23. The van der Waals surface area contributed by atoms with E-state index in [1.807, 2.05) is 30.3 Å². The second kappa shape index (κ2) is 9.08. The number of hydrogen-bond acceptors (Lipinski definition) is 6. The Labute approximate surface area is 165 Å². The van der Waals surface area contributed by atoms with E-state index in [0.717, 1.165) is 36.8 Å². The minimum atomic E-state index is 0.0821. The van der Waals surface area contributed by atoms with Crippen molar-refractivity contribution in [2.75, 3.05) is 26.2 Å². The van der Waals surface area contributed by atoms with E-state index in [4.69, 9.17) is 9.73 Å². The molecule has 6 heteroatoms. The SMILES string of the molecule is O=C1CC(COc2ccccc2)=Nc2c1ccnc2CNCC1CCNCC1. The summed E-state index contributed by atoms with van der Waals surface area (Å²) in [5, 5.41) is 6.90. The lowest BCUT2D eigenvalue weighted by molar-refractivity contribution is 0.0998. The molecule has 2 aliphatic heterocycles. The first-order chi connectivity index (χ1) is 13.8. The van der Waals surface area contributed by atoms with Gasteiger partial charge < -0.3 is 15.4 Å². The Morgan fingerprint density at radius 3 is 2.79 bits per heavy atom. The number of piperidine rings is 1. The number of aromatic nitrogens is 1. The van der Waals surface area contributed by atoms with Crippen molar-refractivity contribution < 1.29 is 9.53 Å². The van der Waals surface area contributed by atoms with Crippen molar-refractivity contribution >= 4 is 17.2 Å². The Kier molecular flexibility index (Phi) is 6.09. The first kappa shape index (κ1) is 18.8. The van der Waals surface area contributed by atoms with Crippen LogP contribution in [0.5, 0.6) is 5.75 Å². The van der Waals surface area contributed by atoms with E-state index in [0.29, 0.717) is 36.7 Å².